The Balaban J connectivity index is 2.06. The number of carbonyl (C=O) groups is 7. The maximum absolute atomic E-state index is 13.0. The molecule has 2 rings (SSSR count). The summed E-state index contributed by atoms with van der Waals surface area (Å²) in [6.07, 6.45) is -2.46. The first-order valence-corrected chi connectivity index (χ1v) is 11.6. The van der Waals surface area contributed by atoms with Crippen LogP contribution in [0, 0.1) is 4.91 Å². The molecule has 1 aliphatic rings. The van der Waals surface area contributed by atoms with E-state index in [9.17, 15) is 48.7 Å². The molecule has 0 bridgehead atoms. The van der Waals surface area contributed by atoms with Crippen molar-refractivity contribution in [1.29, 1.82) is 0 Å². The van der Waals surface area contributed by atoms with Crippen LogP contribution >= 0.6 is 0 Å². The van der Waals surface area contributed by atoms with Crippen LogP contribution in [0.3, 0.4) is 0 Å². The molecule has 16 heteroatoms. The Morgan fingerprint density at radius 2 is 1.46 bits per heavy atom. The minimum atomic E-state index is -2.43. The van der Waals surface area contributed by atoms with Crippen molar-refractivity contribution >= 4 is 41.8 Å². The van der Waals surface area contributed by atoms with Gasteiger partial charge < -0.3 is 25.4 Å². The highest BCUT2D eigenvalue weighted by Gasteiger charge is 2.54. The topological polar surface area (TPSA) is 237 Å². The van der Waals surface area contributed by atoms with Gasteiger partial charge in [0.05, 0.1) is 0 Å². The number of nitroso groups, excluding NO2 is 1. The minimum absolute atomic E-state index is 0.0149. The van der Waals surface area contributed by atoms with E-state index in [1.54, 1.807) is 30.3 Å². The number of nitrogens with one attached hydrogen (secondary N) is 1. The van der Waals surface area contributed by atoms with Gasteiger partial charge in [0.25, 0.3) is 11.8 Å². The average Bonchev–Trinajstić information content (AvgIpc) is 2.88. The molecule has 5 amide bonds. The maximum Gasteiger partial charge on any atom is 0.407 e. The first kappa shape index (κ1) is 30.3. The van der Waals surface area contributed by atoms with Gasteiger partial charge in [0.1, 0.15) is 18.7 Å². The third-order valence-corrected chi connectivity index (χ3v) is 5.67. The van der Waals surface area contributed by atoms with Gasteiger partial charge in [-0.15, -0.1) is 4.91 Å². The first-order valence-electron chi connectivity index (χ1n) is 11.6. The Kier molecular flexibility index (Phi) is 11.0. The van der Waals surface area contributed by atoms with Crippen LogP contribution in [-0.4, -0.2) is 91.6 Å². The highest BCUT2D eigenvalue weighted by molar-refractivity contribution is 6.21. The van der Waals surface area contributed by atoms with E-state index >= 15 is 0 Å². The van der Waals surface area contributed by atoms with E-state index in [0.717, 1.165) is 5.56 Å². The molecule has 1 aliphatic heterocycles. The quantitative estimate of drug-likeness (QED) is 0.135. The second-order valence-corrected chi connectivity index (χ2v) is 8.33. The summed E-state index contributed by atoms with van der Waals surface area (Å²) in [5, 5.41) is 32.8. The number of barbiturate groups is 1. The Bertz CT molecular complexity index is 1130. The lowest BCUT2D eigenvalue weighted by Crippen LogP contribution is -2.68. The van der Waals surface area contributed by atoms with Gasteiger partial charge in [-0.05, 0) is 36.4 Å². The molecule has 3 atom stereocenters. The molecule has 2 unspecified atom stereocenters. The Morgan fingerprint density at radius 3 is 1.97 bits per heavy atom. The number of rotatable bonds is 15. The van der Waals surface area contributed by atoms with Gasteiger partial charge in [0, 0.05) is 13.0 Å². The summed E-state index contributed by atoms with van der Waals surface area (Å²) in [4.78, 5) is 95.9. The minimum Gasteiger partial charge on any atom is -0.481 e. The average molecular weight is 550 g/mol. The van der Waals surface area contributed by atoms with Crippen molar-refractivity contribution in [3.8, 4) is 0 Å². The van der Waals surface area contributed by atoms with Gasteiger partial charge in [-0.25, -0.2) is 29.0 Å². The summed E-state index contributed by atoms with van der Waals surface area (Å²) < 4.78 is 5.04. The monoisotopic (exact) mass is 550 g/mol. The molecule has 1 heterocycles. The lowest BCUT2D eigenvalue weighted by Gasteiger charge is -2.39. The highest BCUT2D eigenvalue weighted by atomic mass is 16.5. The van der Waals surface area contributed by atoms with Crippen LogP contribution in [0.15, 0.2) is 35.5 Å². The lowest BCUT2D eigenvalue weighted by atomic mass is 10.0. The van der Waals surface area contributed by atoms with E-state index in [2.05, 4.69) is 10.5 Å². The number of ether oxygens (including phenoxy) is 1. The Hall–Kier alpha value is -4.89. The van der Waals surface area contributed by atoms with Crippen molar-refractivity contribution in [2.75, 3.05) is 6.54 Å². The molecule has 0 spiro atoms. The molecular weight excluding hydrogens is 524 g/mol. The van der Waals surface area contributed by atoms with Gasteiger partial charge >= 0.3 is 30.0 Å². The van der Waals surface area contributed by atoms with E-state index in [4.69, 9.17) is 9.84 Å². The summed E-state index contributed by atoms with van der Waals surface area (Å²) in [6, 6.07) is 0.787. The van der Waals surface area contributed by atoms with E-state index in [1.807, 2.05) is 0 Å². The van der Waals surface area contributed by atoms with Crippen molar-refractivity contribution in [2.45, 2.75) is 56.8 Å². The van der Waals surface area contributed by atoms with Crippen molar-refractivity contribution in [3.05, 3.63) is 40.8 Å². The van der Waals surface area contributed by atoms with Crippen LogP contribution in [0.4, 0.5) is 9.59 Å². The van der Waals surface area contributed by atoms with Crippen molar-refractivity contribution in [3.63, 3.8) is 0 Å². The van der Waals surface area contributed by atoms with Gasteiger partial charge in [0.15, 0.2) is 0 Å². The number of aliphatic carboxylic acids is 3. The zero-order valence-electron chi connectivity index (χ0n) is 20.4. The largest absolute Gasteiger partial charge is 0.481 e. The van der Waals surface area contributed by atoms with Crippen LogP contribution in [-0.2, 0) is 35.3 Å². The van der Waals surface area contributed by atoms with E-state index < -0.39 is 72.8 Å². The van der Waals surface area contributed by atoms with E-state index in [1.165, 1.54) is 0 Å². The number of unbranched alkanes of at least 4 members (excludes halogenated alkanes) is 1. The standard InChI is InChI=1S/C23H26N4O12/c28-16(29)10-9-15(21(34)35)27-19(31)17(25-38)18(30)26(23(27)37)14(20(32)33)8-4-5-11-24-22(36)39-12-13-6-2-1-3-7-13/h1-3,6-7,14-15,17H,4-5,8-12H2,(H,24,36)(H,28,29)(H,32,33)(H,34,35)/t14-,15?,17?/m0/s1. The molecule has 1 aromatic rings. The maximum atomic E-state index is 13.0. The first-order chi connectivity index (χ1) is 18.5. The van der Waals surface area contributed by atoms with Crippen molar-refractivity contribution < 1.29 is 53.6 Å². The second-order valence-electron chi connectivity index (χ2n) is 8.33. The van der Waals surface area contributed by atoms with Crippen LogP contribution in [0.2, 0.25) is 0 Å². The molecule has 1 saturated heterocycles. The van der Waals surface area contributed by atoms with E-state index in [-0.39, 0.29) is 42.2 Å². The van der Waals surface area contributed by atoms with Crippen LogP contribution in [0.25, 0.3) is 0 Å². The molecule has 0 aliphatic carbocycles. The summed E-state index contributed by atoms with van der Waals surface area (Å²) in [6.45, 7) is 0.0686. The summed E-state index contributed by atoms with van der Waals surface area (Å²) in [5.74, 6) is -8.10. The number of amides is 5. The zero-order valence-corrected chi connectivity index (χ0v) is 20.4. The number of hydrogen-bond acceptors (Lipinski definition) is 10. The summed E-state index contributed by atoms with van der Waals surface area (Å²) in [7, 11) is 0. The number of imide groups is 2. The summed E-state index contributed by atoms with van der Waals surface area (Å²) >= 11 is 0. The van der Waals surface area contributed by atoms with Gasteiger partial charge in [-0.3, -0.25) is 14.4 Å². The lowest BCUT2D eigenvalue weighted by molar-refractivity contribution is -0.159. The predicted molar refractivity (Wildman–Crippen MR) is 127 cm³/mol. The van der Waals surface area contributed by atoms with Gasteiger partial charge in [-0.2, -0.15) is 0 Å². The Morgan fingerprint density at radius 1 is 0.897 bits per heavy atom. The molecule has 16 nitrogen and oxygen atoms in total. The normalized spacial score (nSPS) is 16.8. The van der Waals surface area contributed by atoms with Crippen molar-refractivity contribution in [1.82, 2.24) is 15.1 Å². The van der Waals surface area contributed by atoms with Gasteiger partial charge in [0.2, 0.25) is 6.04 Å². The zero-order chi connectivity index (χ0) is 29.1. The molecule has 0 aromatic heterocycles. The van der Waals surface area contributed by atoms with Gasteiger partial charge in [-0.1, -0.05) is 30.3 Å². The smallest absolute Gasteiger partial charge is 0.407 e. The number of alkyl carbamates (subject to hydrolysis) is 1. The van der Waals surface area contributed by atoms with Crippen LogP contribution in [0.1, 0.15) is 37.7 Å². The third kappa shape index (κ3) is 8.05. The van der Waals surface area contributed by atoms with Crippen LogP contribution in [0.5, 0.6) is 0 Å². The van der Waals surface area contributed by atoms with Crippen LogP contribution < -0.4 is 5.32 Å². The number of carboxylic acids is 3. The fraction of sp³-hybridized carbons (Fsp3) is 0.435. The predicted octanol–water partition coefficient (Wildman–Crippen LogP) is 0.780. The number of hydrogen-bond donors (Lipinski definition) is 4. The molecule has 39 heavy (non-hydrogen) atoms. The summed E-state index contributed by atoms with van der Waals surface area (Å²) in [5.41, 5.74) is 0.761. The third-order valence-electron chi connectivity index (χ3n) is 5.67. The molecule has 4 N–H and O–H groups in total. The molecule has 1 fully saturated rings. The molecule has 0 radical (unpaired) electrons. The number of carboxylic acid groups (broad SMARTS) is 3. The molecule has 1 aromatic carbocycles. The molecular formula is C23H26N4O12. The molecule has 210 valence electrons. The van der Waals surface area contributed by atoms with Crippen molar-refractivity contribution in [2.24, 2.45) is 5.18 Å². The number of urea groups is 1. The SMILES string of the molecule is O=NC1C(=O)N(C(CCC(=O)O)C(=O)O)C(=O)N([C@@H](CCCCNC(=O)OCc2ccccc2)C(=O)O)C1=O. The fourth-order valence-corrected chi connectivity index (χ4v) is 3.75. The number of benzene rings is 1. The fourth-order valence-electron chi connectivity index (χ4n) is 3.75. The highest BCUT2D eigenvalue weighted by Crippen LogP contribution is 2.24. The second kappa shape index (κ2) is 14.2. The number of nitrogens with zero attached hydrogens (tertiary/aromatic N) is 3. The number of carbonyl (C=O) groups excluding carboxylic acids is 4. The van der Waals surface area contributed by atoms with E-state index in [0.29, 0.717) is 0 Å². The Labute approximate surface area is 220 Å². The molecule has 0 saturated carbocycles.